The van der Waals surface area contributed by atoms with E-state index in [0.29, 0.717) is 11.9 Å². The van der Waals surface area contributed by atoms with Gasteiger partial charge in [-0.3, -0.25) is 4.90 Å². The molecule has 0 aromatic carbocycles. The monoisotopic (exact) mass is 292 g/mol. The molecule has 3 rings (SSSR count). The van der Waals surface area contributed by atoms with Crippen LogP contribution >= 0.6 is 11.3 Å². The van der Waals surface area contributed by atoms with Crippen LogP contribution in [0.2, 0.25) is 0 Å². The van der Waals surface area contributed by atoms with E-state index in [-0.39, 0.29) is 6.04 Å². The SMILES string of the molecule is CC(N)C1CCCCN1Cc1noc(-c2ccsc2)n1. The number of hydrogen-bond acceptors (Lipinski definition) is 6. The Morgan fingerprint density at radius 2 is 2.45 bits per heavy atom. The van der Waals surface area contributed by atoms with Crippen LogP contribution in [-0.4, -0.2) is 33.7 Å². The van der Waals surface area contributed by atoms with Crippen molar-refractivity contribution in [2.75, 3.05) is 6.54 Å². The topological polar surface area (TPSA) is 68.2 Å². The molecule has 0 radical (unpaired) electrons. The Labute approximate surface area is 122 Å². The third kappa shape index (κ3) is 2.92. The van der Waals surface area contributed by atoms with E-state index in [2.05, 4.69) is 22.0 Å². The molecule has 0 spiro atoms. The minimum absolute atomic E-state index is 0.179. The molecule has 2 aromatic rings. The van der Waals surface area contributed by atoms with E-state index in [1.807, 2.05) is 16.8 Å². The summed E-state index contributed by atoms with van der Waals surface area (Å²) in [7, 11) is 0. The zero-order chi connectivity index (χ0) is 13.9. The highest BCUT2D eigenvalue weighted by atomic mass is 32.1. The van der Waals surface area contributed by atoms with Crippen molar-refractivity contribution in [2.45, 2.75) is 44.8 Å². The largest absolute Gasteiger partial charge is 0.334 e. The van der Waals surface area contributed by atoms with Crippen molar-refractivity contribution >= 4 is 11.3 Å². The average molecular weight is 292 g/mol. The summed E-state index contributed by atoms with van der Waals surface area (Å²) in [6.45, 7) is 3.87. The molecule has 5 nitrogen and oxygen atoms in total. The van der Waals surface area contributed by atoms with Crippen LogP contribution in [0.25, 0.3) is 11.5 Å². The standard InChI is InChI=1S/C14H20N4OS/c1-10(15)12-4-2-3-6-18(12)8-13-16-14(19-17-13)11-5-7-20-9-11/h5,7,9-10,12H,2-4,6,8,15H2,1H3. The predicted octanol–water partition coefficient (Wildman–Crippen LogP) is 2.50. The van der Waals surface area contributed by atoms with Gasteiger partial charge in [0.1, 0.15) is 0 Å². The number of nitrogens with two attached hydrogens (primary N) is 1. The van der Waals surface area contributed by atoms with E-state index in [0.717, 1.165) is 30.9 Å². The minimum Gasteiger partial charge on any atom is -0.334 e. The lowest BCUT2D eigenvalue weighted by Crippen LogP contribution is -2.48. The third-order valence-corrected chi connectivity index (χ3v) is 4.54. The Morgan fingerprint density at radius 1 is 1.55 bits per heavy atom. The predicted molar refractivity (Wildman–Crippen MR) is 79.3 cm³/mol. The highest BCUT2D eigenvalue weighted by molar-refractivity contribution is 7.08. The van der Waals surface area contributed by atoms with Gasteiger partial charge in [0.2, 0.25) is 0 Å². The molecule has 108 valence electrons. The van der Waals surface area contributed by atoms with Gasteiger partial charge in [0.05, 0.1) is 12.1 Å². The van der Waals surface area contributed by atoms with Crippen molar-refractivity contribution in [1.29, 1.82) is 0 Å². The molecule has 6 heteroatoms. The van der Waals surface area contributed by atoms with Crippen molar-refractivity contribution < 1.29 is 4.52 Å². The van der Waals surface area contributed by atoms with Crippen LogP contribution in [0.15, 0.2) is 21.3 Å². The second kappa shape index (κ2) is 6.03. The Hall–Kier alpha value is -1.24. The number of piperidine rings is 1. The van der Waals surface area contributed by atoms with Gasteiger partial charge in [-0.05, 0) is 37.8 Å². The van der Waals surface area contributed by atoms with E-state index in [4.69, 9.17) is 10.3 Å². The fourth-order valence-corrected chi connectivity index (χ4v) is 3.44. The zero-order valence-corrected chi connectivity index (χ0v) is 12.5. The molecule has 2 atom stereocenters. The van der Waals surface area contributed by atoms with Gasteiger partial charge in [0, 0.05) is 17.5 Å². The van der Waals surface area contributed by atoms with Crippen LogP contribution in [0.5, 0.6) is 0 Å². The molecule has 2 unspecified atom stereocenters. The molecule has 2 aromatic heterocycles. The molecule has 1 fully saturated rings. The van der Waals surface area contributed by atoms with Gasteiger partial charge in [-0.25, -0.2) is 0 Å². The lowest BCUT2D eigenvalue weighted by Gasteiger charge is -2.37. The highest BCUT2D eigenvalue weighted by Gasteiger charge is 2.26. The summed E-state index contributed by atoms with van der Waals surface area (Å²) in [4.78, 5) is 6.87. The summed E-state index contributed by atoms with van der Waals surface area (Å²) in [6, 6.07) is 2.60. The van der Waals surface area contributed by atoms with Crippen LogP contribution in [0.4, 0.5) is 0 Å². The summed E-state index contributed by atoms with van der Waals surface area (Å²) in [5, 5.41) is 8.12. The molecule has 0 saturated carbocycles. The maximum Gasteiger partial charge on any atom is 0.258 e. The molecule has 3 heterocycles. The molecule has 1 aliphatic rings. The molecule has 0 bridgehead atoms. The van der Waals surface area contributed by atoms with Gasteiger partial charge in [0.25, 0.3) is 5.89 Å². The zero-order valence-electron chi connectivity index (χ0n) is 11.7. The Kier molecular flexibility index (Phi) is 4.14. The van der Waals surface area contributed by atoms with Crippen LogP contribution in [0.3, 0.4) is 0 Å². The molecule has 0 aliphatic carbocycles. The van der Waals surface area contributed by atoms with Crippen molar-refractivity contribution in [3.05, 3.63) is 22.7 Å². The van der Waals surface area contributed by atoms with Gasteiger partial charge < -0.3 is 10.3 Å². The van der Waals surface area contributed by atoms with Crippen molar-refractivity contribution in [1.82, 2.24) is 15.0 Å². The number of likely N-dealkylation sites (tertiary alicyclic amines) is 1. The molecule has 2 N–H and O–H groups in total. The van der Waals surface area contributed by atoms with E-state index in [1.54, 1.807) is 11.3 Å². The number of thiophene rings is 1. The second-order valence-corrected chi connectivity index (χ2v) is 6.20. The normalized spacial score (nSPS) is 22.0. The molecule has 1 aliphatic heterocycles. The number of aromatic nitrogens is 2. The molecule has 20 heavy (non-hydrogen) atoms. The van der Waals surface area contributed by atoms with E-state index in [9.17, 15) is 0 Å². The Morgan fingerprint density at radius 3 is 3.20 bits per heavy atom. The first-order valence-electron chi connectivity index (χ1n) is 7.09. The summed E-state index contributed by atoms with van der Waals surface area (Å²) in [6.07, 6.45) is 3.64. The number of hydrogen-bond donors (Lipinski definition) is 1. The van der Waals surface area contributed by atoms with Gasteiger partial charge in [-0.15, -0.1) is 0 Å². The van der Waals surface area contributed by atoms with Crippen LogP contribution < -0.4 is 5.73 Å². The number of rotatable bonds is 4. The van der Waals surface area contributed by atoms with Crippen molar-refractivity contribution in [3.8, 4) is 11.5 Å². The highest BCUT2D eigenvalue weighted by Crippen LogP contribution is 2.23. The van der Waals surface area contributed by atoms with Gasteiger partial charge >= 0.3 is 0 Å². The first-order chi connectivity index (χ1) is 9.74. The maximum absolute atomic E-state index is 6.09. The molecular formula is C14H20N4OS. The molecule has 0 amide bonds. The minimum atomic E-state index is 0.179. The van der Waals surface area contributed by atoms with Crippen molar-refractivity contribution in [2.24, 2.45) is 5.73 Å². The lowest BCUT2D eigenvalue weighted by molar-refractivity contribution is 0.118. The van der Waals surface area contributed by atoms with E-state index in [1.165, 1.54) is 12.8 Å². The fraction of sp³-hybridized carbons (Fsp3) is 0.571. The van der Waals surface area contributed by atoms with Gasteiger partial charge in [-0.1, -0.05) is 11.6 Å². The molecular weight excluding hydrogens is 272 g/mol. The molecule has 1 saturated heterocycles. The second-order valence-electron chi connectivity index (χ2n) is 5.42. The van der Waals surface area contributed by atoms with Gasteiger partial charge in [-0.2, -0.15) is 16.3 Å². The van der Waals surface area contributed by atoms with Crippen LogP contribution in [-0.2, 0) is 6.54 Å². The maximum atomic E-state index is 6.09. The summed E-state index contributed by atoms with van der Waals surface area (Å²) in [5.74, 6) is 1.36. The van der Waals surface area contributed by atoms with Crippen LogP contribution in [0.1, 0.15) is 32.0 Å². The van der Waals surface area contributed by atoms with Crippen molar-refractivity contribution in [3.63, 3.8) is 0 Å². The van der Waals surface area contributed by atoms with Crippen LogP contribution in [0, 0.1) is 0 Å². The average Bonchev–Trinajstić information content (AvgIpc) is 3.09. The van der Waals surface area contributed by atoms with Gasteiger partial charge in [0.15, 0.2) is 5.82 Å². The Bertz CT molecular complexity index is 537. The smallest absolute Gasteiger partial charge is 0.258 e. The van der Waals surface area contributed by atoms with E-state index < -0.39 is 0 Å². The first kappa shape index (κ1) is 13.7. The fourth-order valence-electron chi connectivity index (χ4n) is 2.81. The summed E-state index contributed by atoms with van der Waals surface area (Å²) >= 11 is 1.63. The first-order valence-corrected chi connectivity index (χ1v) is 8.03. The number of nitrogens with zero attached hydrogens (tertiary/aromatic N) is 3. The van der Waals surface area contributed by atoms with E-state index >= 15 is 0 Å². The quantitative estimate of drug-likeness (QED) is 0.937. The lowest BCUT2D eigenvalue weighted by atomic mass is 9.97. The Balaban J connectivity index is 1.71. The third-order valence-electron chi connectivity index (χ3n) is 3.85. The summed E-state index contributed by atoms with van der Waals surface area (Å²) < 4.78 is 5.33. The summed E-state index contributed by atoms with van der Waals surface area (Å²) in [5.41, 5.74) is 7.09.